The maximum atomic E-state index is 16.1. The van der Waals surface area contributed by atoms with E-state index in [0.29, 0.717) is 21.9 Å². The second kappa shape index (κ2) is 8.11. The summed E-state index contributed by atoms with van der Waals surface area (Å²) in [6.45, 7) is 5.92. The molecule has 2 aromatic carbocycles. The smallest absolute Gasteiger partial charge is 0.165 e. The van der Waals surface area contributed by atoms with Crippen molar-refractivity contribution >= 4 is 21.8 Å². The molecule has 4 aromatic rings. The van der Waals surface area contributed by atoms with E-state index in [0.717, 1.165) is 41.7 Å². The summed E-state index contributed by atoms with van der Waals surface area (Å²) >= 11 is 0. The van der Waals surface area contributed by atoms with Crippen LogP contribution in [-0.2, 0) is 4.74 Å². The van der Waals surface area contributed by atoms with Crippen LogP contribution in [0.3, 0.4) is 0 Å². The van der Waals surface area contributed by atoms with E-state index < -0.39 is 12.6 Å². The summed E-state index contributed by atoms with van der Waals surface area (Å²) in [5.74, 6) is -0.722. The van der Waals surface area contributed by atoms with Gasteiger partial charge in [0.05, 0.1) is 17.6 Å². The highest BCUT2D eigenvalue weighted by Crippen LogP contribution is 2.51. The molecule has 1 aliphatic carbocycles. The van der Waals surface area contributed by atoms with Crippen molar-refractivity contribution in [3.8, 4) is 5.69 Å². The Balaban J connectivity index is 1.60. The van der Waals surface area contributed by atoms with E-state index in [1.807, 2.05) is 6.07 Å². The Kier molecular flexibility index (Phi) is 5.25. The van der Waals surface area contributed by atoms with E-state index in [-0.39, 0.29) is 35.3 Å². The van der Waals surface area contributed by atoms with Gasteiger partial charge in [-0.2, -0.15) is 5.10 Å². The molecule has 6 rings (SSSR count). The molecule has 1 saturated heterocycles. The molecule has 3 N–H and O–H groups in total. The number of aliphatic hydroxyl groups excluding tert-OH is 2. The molecule has 3 heterocycles. The van der Waals surface area contributed by atoms with Crippen molar-refractivity contribution in [1.29, 1.82) is 0 Å². The molecule has 0 radical (unpaired) electrons. The zero-order valence-corrected chi connectivity index (χ0v) is 19.9. The largest absolute Gasteiger partial charge is 0.367 e. The molecular weight excluding hydrogens is 452 g/mol. The van der Waals surface area contributed by atoms with E-state index in [4.69, 9.17) is 4.74 Å². The number of aromatic nitrogens is 3. The van der Waals surface area contributed by atoms with Crippen LogP contribution in [0.4, 0.5) is 8.78 Å². The van der Waals surface area contributed by atoms with Crippen molar-refractivity contribution in [2.24, 2.45) is 11.8 Å². The minimum atomic E-state index is -0.955. The third-order valence-electron chi connectivity index (χ3n) is 7.99. The number of nitrogens with zero attached hydrogens (tertiary/aromatic N) is 2. The molecule has 2 aromatic heterocycles. The lowest BCUT2D eigenvalue weighted by atomic mass is 9.84. The van der Waals surface area contributed by atoms with Crippen LogP contribution < -0.4 is 0 Å². The van der Waals surface area contributed by atoms with Gasteiger partial charge in [-0.15, -0.1) is 0 Å². The first-order chi connectivity index (χ1) is 16.8. The minimum Gasteiger partial charge on any atom is -0.367 e. The van der Waals surface area contributed by atoms with Crippen LogP contribution in [0.15, 0.2) is 30.5 Å². The fourth-order valence-corrected chi connectivity index (χ4v) is 6.35. The van der Waals surface area contributed by atoms with Gasteiger partial charge in [0.25, 0.3) is 0 Å². The molecular formula is C27H29F2N3O3. The van der Waals surface area contributed by atoms with Gasteiger partial charge < -0.3 is 19.5 Å². The number of H-pyrrole nitrogens is 1. The highest BCUT2D eigenvalue weighted by molar-refractivity contribution is 5.99. The Labute approximate surface area is 201 Å². The Bertz CT molecular complexity index is 1430. The first-order valence-electron chi connectivity index (χ1n) is 12.2. The third kappa shape index (κ3) is 3.34. The van der Waals surface area contributed by atoms with Crippen molar-refractivity contribution in [3.05, 3.63) is 58.9 Å². The van der Waals surface area contributed by atoms with Gasteiger partial charge in [-0.25, -0.2) is 8.78 Å². The van der Waals surface area contributed by atoms with Crippen LogP contribution in [0.1, 0.15) is 61.8 Å². The number of halogens is 2. The van der Waals surface area contributed by atoms with Gasteiger partial charge in [0.1, 0.15) is 11.3 Å². The molecule has 2 aliphatic rings. The van der Waals surface area contributed by atoms with Crippen molar-refractivity contribution in [3.63, 3.8) is 0 Å². The number of aryl methyl sites for hydroxylation is 1. The van der Waals surface area contributed by atoms with Gasteiger partial charge >= 0.3 is 0 Å². The molecule has 4 atom stereocenters. The number of aliphatic hydroxyl groups is 2. The maximum Gasteiger partial charge on any atom is 0.165 e. The molecule has 0 spiro atoms. The van der Waals surface area contributed by atoms with Gasteiger partial charge in [-0.1, -0.05) is 13.8 Å². The highest BCUT2D eigenvalue weighted by atomic mass is 19.1. The first kappa shape index (κ1) is 22.6. The maximum absolute atomic E-state index is 16.1. The third-order valence-corrected chi connectivity index (χ3v) is 7.99. The summed E-state index contributed by atoms with van der Waals surface area (Å²) in [6.07, 6.45) is 2.07. The minimum absolute atomic E-state index is 0.0533. The lowest BCUT2D eigenvalue weighted by molar-refractivity contribution is -0.361. The van der Waals surface area contributed by atoms with Gasteiger partial charge in [-0.05, 0) is 79.3 Å². The van der Waals surface area contributed by atoms with Crippen molar-refractivity contribution in [1.82, 2.24) is 14.8 Å². The predicted octanol–water partition coefficient (Wildman–Crippen LogP) is 5.38. The molecule has 0 bridgehead atoms. The van der Waals surface area contributed by atoms with Crippen LogP contribution in [0.5, 0.6) is 0 Å². The molecule has 1 aliphatic heterocycles. The number of hydrogen-bond acceptors (Lipinski definition) is 4. The number of hydrogen-bond donors (Lipinski definition) is 3. The fraction of sp³-hybridized carbons (Fsp3) is 0.444. The van der Waals surface area contributed by atoms with E-state index >= 15 is 4.39 Å². The topological polar surface area (TPSA) is 83.3 Å². The van der Waals surface area contributed by atoms with Crippen molar-refractivity contribution in [2.45, 2.75) is 64.4 Å². The summed E-state index contributed by atoms with van der Waals surface area (Å²) in [6, 6.07) is 6.95. The number of ether oxygens (including phenoxy) is 1. The average Bonchev–Trinajstić information content (AvgIpc) is 3.53. The lowest BCUT2D eigenvalue weighted by Crippen LogP contribution is -2.51. The van der Waals surface area contributed by atoms with Gasteiger partial charge in [0.2, 0.25) is 0 Å². The molecule has 3 unspecified atom stereocenters. The van der Waals surface area contributed by atoms with Crippen molar-refractivity contribution < 1.29 is 23.7 Å². The van der Waals surface area contributed by atoms with E-state index in [1.165, 1.54) is 6.07 Å². The second-order valence-corrected chi connectivity index (χ2v) is 10.4. The van der Waals surface area contributed by atoms with Crippen LogP contribution in [0, 0.1) is 30.4 Å². The Hall–Kier alpha value is -2.81. The molecule has 1 saturated carbocycles. The van der Waals surface area contributed by atoms with E-state index in [2.05, 4.69) is 28.6 Å². The summed E-state index contributed by atoms with van der Waals surface area (Å²) in [7, 11) is 0. The van der Waals surface area contributed by atoms with Gasteiger partial charge in [-0.3, -0.25) is 5.10 Å². The molecule has 2 fully saturated rings. The molecule has 0 amide bonds. The predicted molar refractivity (Wildman–Crippen MR) is 128 cm³/mol. The first-order valence-corrected chi connectivity index (χ1v) is 12.2. The fourth-order valence-electron chi connectivity index (χ4n) is 6.35. The number of aromatic amines is 1. The summed E-state index contributed by atoms with van der Waals surface area (Å²) < 4.78 is 37.4. The summed E-state index contributed by atoms with van der Waals surface area (Å²) in [4.78, 5) is 0. The van der Waals surface area contributed by atoms with E-state index in [1.54, 1.807) is 25.3 Å². The number of nitrogens with one attached hydrogen (secondary N) is 1. The second-order valence-electron chi connectivity index (χ2n) is 10.4. The molecule has 8 heteroatoms. The van der Waals surface area contributed by atoms with Crippen molar-refractivity contribution in [2.75, 3.05) is 0 Å². The van der Waals surface area contributed by atoms with E-state index in [9.17, 15) is 14.6 Å². The monoisotopic (exact) mass is 481 g/mol. The normalized spacial score (nSPS) is 26.8. The zero-order chi connectivity index (χ0) is 24.6. The quantitative estimate of drug-likeness (QED) is 0.365. The molecule has 184 valence electrons. The van der Waals surface area contributed by atoms with Crippen LogP contribution in [0.25, 0.3) is 27.5 Å². The summed E-state index contributed by atoms with van der Waals surface area (Å²) in [5, 5.41) is 28.2. The van der Waals surface area contributed by atoms with Crippen LogP contribution in [-0.4, -0.2) is 37.6 Å². The Morgan fingerprint density at radius 1 is 1.14 bits per heavy atom. The summed E-state index contributed by atoms with van der Waals surface area (Å²) in [5.41, 5.74) is 4.38. The lowest BCUT2D eigenvalue weighted by Gasteiger charge is -2.41. The van der Waals surface area contributed by atoms with Crippen LogP contribution >= 0.6 is 0 Å². The van der Waals surface area contributed by atoms with Gasteiger partial charge in [0, 0.05) is 22.2 Å². The van der Waals surface area contributed by atoms with Crippen LogP contribution in [0.2, 0.25) is 0 Å². The molecule has 6 nitrogen and oxygen atoms in total. The number of fused-ring (bicyclic) bond motifs is 2. The SMILES string of the molecule is Cc1cc(-n2c(C(C)C)c([C@@H]3CCC(C4C(O)OC4O)C3)c3c(F)c4[nH]ncc4cc32)ccc1F. The zero-order valence-electron chi connectivity index (χ0n) is 19.9. The Morgan fingerprint density at radius 3 is 2.60 bits per heavy atom. The molecule has 35 heavy (non-hydrogen) atoms. The Morgan fingerprint density at radius 2 is 1.91 bits per heavy atom. The standard InChI is InChI=1S/C27H29F2N3O3/c1-12(2)25-20(14-4-5-15(9-14)21-26(33)35-27(21)34)22-19(10-16-11-30-31-24(16)23(22)29)32(25)17-6-7-18(28)13(3)8-17/h6-8,10-12,14-15,21,26-27,33-34H,4-5,9H2,1-3H3,(H,30,31)/t14-,15?,21?,26?,27?/m1/s1. The average molecular weight is 482 g/mol. The number of benzene rings is 2. The number of rotatable bonds is 4. The highest BCUT2D eigenvalue weighted by Gasteiger charge is 2.48. The van der Waals surface area contributed by atoms with Gasteiger partial charge in [0.15, 0.2) is 18.4 Å².